The van der Waals surface area contributed by atoms with E-state index in [1.807, 2.05) is 36.4 Å². The quantitative estimate of drug-likeness (QED) is 0.828. The molecule has 0 aliphatic carbocycles. The van der Waals surface area contributed by atoms with Crippen LogP contribution >= 0.6 is 12.4 Å². The van der Waals surface area contributed by atoms with Crippen molar-refractivity contribution in [3.8, 4) is 5.75 Å². The molecule has 0 unspecified atom stereocenters. The van der Waals surface area contributed by atoms with Crippen molar-refractivity contribution in [2.75, 3.05) is 11.9 Å². The summed E-state index contributed by atoms with van der Waals surface area (Å²) in [6, 6.07) is 13.4. The van der Waals surface area contributed by atoms with Crippen LogP contribution in [0, 0.1) is 6.92 Å². The first-order valence-corrected chi connectivity index (χ1v) is 7.82. The number of halogens is 1. The molecule has 0 saturated carbocycles. The number of amides is 1. The zero-order valence-corrected chi connectivity index (χ0v) is 15.2. The number of aryl methyl sites for hydroxylation is 1. The van der Waals surface area contributed by atoms with Gasteiger partial charge in [-0.3, -0.25) is 4.79 Å². The average molecular weight is 349 g/mol. The van der Waals surface area contributed by atoms with E-state index in [9.17, 15) is 4.79 Å². The predicted molar refractivity (Wildman–Crippen MR) is 101 cm³/mol. The molecule has 3 N–H and O–H groups in total. The minimum Gasteiger partial charge on any atom is -0.484 e. The Kier molecular flexibility index (Phi) is 7.75. The molecule has 1 amide bonds. The SMILES string of the molecule is Cc1cc(OCC(=O)Nc2ccc(CN)cc2)ccc1C(C)C.Cl. The Labute approximate surface area is 149 Å². The first-order chi connectivity index (χ1) is 11.0. The average Bonchev–Trinajstić information content (AvgIpc) is 2.53. The maximum absolute atomic E-state index is 11.9. The van der Waals surface area contributed by atoms with Gasteiger partial charge in [0, 0.05) is 12.2 Å². The van der Waals surface area contributed by atoms with E-state index in [0.717, 1.165) is 11.3 Å². The van der Waals surface area contributed by atoms with Crippen LogP contribution in [0.2, 0.25) is 0 Å². The molecular formula is C19H25ClN2O2. The highest BCUT2D eigenvalue weighted by atomic mass is 35.5. The Bertz CT molecular complexity index is 670. The molecule has 5 heteroatoms. The summed E-state index contributed by atoms with van der Waals surface area (Å²) >= 11 is 0. The van der Waals surface area contributed by atoms with Crippen molar-refractivity contribution in [1.29, 1.82) is 0 Å². The van der Waals surface area contributed by atoms with Gasteiger partial charge in [-0.1, -0.05) is 32.0 Å². The van der Waals surface area contributed by atoms with Crippen LogP contribution in [0.4, 0.5) is 5.69 Å². The van der Waals surface area contributed by atoms with Crippen LogP contribution in [0.15, 0.2) is 42.5 Å². The van der Waals surface area contributed by atoms with Crippen LogP contribution in [0.25, 0.3) is 0 Å². The van der Waals surface area contributed by atoms with E-state index in [1.165, 1.54) is 11.1 Å². The molecule has 0 aliphatic rings. The highest BCUT2D eigenvalue weighted by Gasteiger charge is 2.07. The van der Waals surface area contributed by atoms with E-state index in [2.05, 4.69) is 32.2 Å². The largest absolute Gasteiger partial charge is 0.484 e. The number of ether oxygens (including phenoxy) is 1. The topological polar surface area (TPSA) is 64.3 Å². The molecule has 2 aromatic rings. The minimum atomic E-state index is -0.184. The molecule has 0 radical (unpaired) electrons. The van der Waals surface area contributed by atoms with E-state index in [0.29, 0.717) is 18.2 Å². The molecule has 0 atom stereocenters. The summed E-state index contributed by atoms with van der Waals surface area (Å²) < 4.78 is 5.57. The Morgan fingerprint density at radius 3 is 2.38 bits per heavy atom. The second kappa shape index (κ2) is 9.30. The fourth-order valence-corrected chi connectivity index (χ4v) is 2.46. The third kappa shape index (κ3) is 5.55. The summed E-state index contributed by atoms with van der Waals surface area (Å²) in [5.74, 6) is 1.00. The molecule has 130 valence electrons. The zero-order chi connectivity index (χ0) is 16.8. The van der Waals surface area contributed by atoms with Crippen molar-refractivity contribution >= 4 is 24.0 Å². The lowest BCUT2D eigenvalue weighted by molar-refractivity contribution is -0.118. The molecule has 2 aromatic carbocycles. The number of rotatable bonds is 6. The number of nitrogens with one attached hydrogen (secondary N) is 1. The van der Waals surface area contributed by atoms with Crippen LogP contribution < -0.4 is 15.8 Å². The first kappa shape index (κ1) is 20.0. The maximum atomic E-state index is 11.9. The van der Waals surface area contributed by atoms with E-state index >= 15 is 0 Å². The van der Waals surface area contributed by atoms with Crippen molar-refractivity contribution in [2.45, 2.75) is 33.2 Å². The van der Waals surface area contributed by atoms with Crippen molar-refractivity contribution < 1.29 is 9.53 Å². The molecule has 0 aliphatic heterocycles. The van der Waals surface area contributed by atoms with E-state index in [1.54, 1.807) is 0 Å². The second-order valence-electron chi connectivity index (χ2n) is 5.91. The first-order valence-electron chi connectivity index (χ1n) is 7.82. The number of carbonyl (C=O) groups is 1. The Morgan fingerprint density at radius 2 is 1.83 bits per heavy atom. The predicted octanol–water partition coefficient (Wildman–Crippen LogP) is 4.02. The number of anilines is 1. The molecule has 2 rings (SSSR count). The van der Waals surface area contributed by atoms with Gasteiger partial charge in [-0.25, -0.2) is 0 Å². The van der Waals surface area contributed by atoms with E-state index in [-0.39, 0.29) is 24.9 Å². The van der Waals surface area contributed by atoms with Gasteiger partial charge in [0.25, 0.3) is 5.91 Å². The third-order valence-electron chi connectivity index (χ3n) is 3.71. The summed E-state index contributed by atoms with van der Waals surface area (Å²) in [7, 11) is 0. The molecule has 24 heavy (non-hydrogen) atoms. The lowest BCUT2D eigenvalue weighted by Gasteiger charge is -2.12. The van der Waals surface area contributed by atoms with Gasteiger partial charge in [0.15, 0.2) is 6.61 Å². The molecular weight excluding hydrogens is 324 g/mol. The summed E-state index contributed by atoms with van der Waals surface area (Å²) in [5.41, 5.74) is 9.78. The smallest absolute Gasteiger partial charge is 0.262 e. The number of hydrogen-bond acceptors (Lipinski definition) is 3. The highest BCUT2D eigenvalue weighted by Crippen LogP contribution is 2.23. The Hall–Kier alpha value is -2.04. The van der Waals surface area contributed by atoms with Gasteiger partial charge in [-0.2, -0.15) is 0 Å². The second-order valence-corrected chi connectivity index (χ2v) is 5.91. The molecule has 0 aromatic heterocycles. The van der Waals surface area contributed by atoms with Gasteiger partial charge < -0.3 is 15.8 Å². The van der Waals surface area contributed by atoms with Crippen LogP contribution in [0.3, 0.4) is 0 Å². The van der Waals surface area contributed by atoms with E-state index < -0.39 is 0 Å². The van der Waals surface area contributed by atoms with Crippen LogP contribution in [-0.2, 0) is 11.3 Å². The van der Waals surface area contributed by atoms with Gasteiger partial charge in [0.1, 0.15) is 5.75 Å². The maximum Gasteiger partial charge on any atom is 0.262 e. The summed E-state index contributed by atoms with van der Waals surface area (Å²) in [6.45, 7) is 6.85. The number of carbonyl (C=O) groups excluding carboxylic acids is 1. The zero-order valence-electron chi connectivity index (χ0n) is 14.3. The molecule has 0 bridgehead atoms. The number of benzene rings is 2. The lowest BCUT2D eigenvalue weighted by atomic mass is 9.98. The summed E-state index contributed by atoms with van der Waals surface area (Å²) in [5, 5.41) is 2.80. The van der Waals surface area contributed by atoms with Crippen molar-refractivity contribution in [2.24, 2.45) is 5.73 Å². The monoisotopic (exact) mass is 348 g/mol. The van der Waals surface area contributed by atoms with Crippen LogP contribution in [-0.4, -0.2) is 12.5 Å². The molecule has 0 heterocycles. The van der Waals surface area contributed by atoms with Gasteiger partial charge in [-0.15, -0.1) is 12.4 Å². The minimum absolute atomic E-state index is 0. The van der Waals surface area contributed by atoms with E-state index in [4.69, 9.17) is 10.5 Å². The summed E-state index contributed by atoms with van der Waals surface area (Å²) in [4.78, 5) is 11.9. The fraction of sp³-hybridized carbons (Fsp3) is 0.316. The van der Waals surface area contributed by atoms with Crippen molar-refractivity contribution in [3.63, 3.8) is 0 Å². The fourth-order valence-electron chi connectivity index (χ4n) is 2.46. The summed E-state index contributed by atoms with van der Waals surface area (Å²) in [6.07, 6.45) is 0. The molecule has 4 nitrogen and oxygen atoms in total. The Balaban J connectivity index is 0.00000288. The van der Waals surface area contributed by atoms with Gasteiger partial charge in [-0.05, 0) is 53.8 Å². The standard InChI is InChI=1S/C19H24N2O2.ClH/c1-13(2)18-9-8-17(10-14(18)3)23-12-19(22)21-16-6-4-15(11-20)5-7-16;/h4-10,13H,11-12,20H2,1-3H3,(H,21,22);1H. The number of nitrogens with two attached hydrogens (primary N) is 1. The van der Waals surface area contributed by atoms with Gasteiger partial charge in [0.2, 0.25) is 0 Å². The lowest BCUT2D eigenvalue weighted by Crippen LogP contribution is -2.20. The van der Waals surface area contributed by atoms with Crippen LogP contribution in [0.5, 0.6) is 5.75 Å². The van der Waals surface area contributed by atoms with Crippen LogP contribution in [0.1, 0.15) is 36.5 Å². The molecule has 0 spiro atoms. The third-order valence-corrected chi connectivity index (χ3v) is 3.71. The van der Waals surface area contributed by atoms with Crippen molar-refractivity contribution in [1.82, 2.24) is 0 Å². The van der Waals surface area contributed by atoms with Gasteiger partial charge in [0.05, 0.1) is 0 Å². The Morgan fingerprint density at radius 1 is 1.17 bits per heavy atom. The van der Waals surface area contributed by atoms with Gasteiger partial charge >= 0.3 is 0 Å². The normalized spacial score (nSPS) is 10.2. The molecule has 0 fully saturated rings. The highest BCUT2D eigenvalue weighted by molar-refractivity contribution is 5.91. The van der Waals surface area contributed by atoms with Crippen molar-refractivity contribution in [3.05, 3.63) is 59.2 Å². The number of hydrogen-bond donors (Lipinski definition) is 2. The molecule has 0 saturated heterocycles.